The number of rotatable bonds is 14. The Bertz CT molecular complexity index is 3980. The molecule has 0 aromatic carbocycles. The van der Waals surface area contributed by atoms with Gasteiger partial charge in [0.05, 0.1) is 57.1 Å². The first-order valence-corrected chi connectivity index (χ1v) is 34.9. The average molecular weight is 1430 g/mol. The molecular weight excluding hydrogens is 1360 g/mol. The molecule has 40 nitrogen and oxygen atoms in total. The maximum atomic E-state index is 12.1. The number of aromatic nitrogens is 12. The predicted molar refractivity (Wildman–Crippen MR) is 316 cm³/mol. The van der Waals surface area contributed by atoms with Crippen LogP contribution in [0.4, 0.5) is 17.8 Å². The van der Waals surface area contributed by atoms with Crippen molar-refractivity contribution in [2.45, 2.75) is 131 Å². The maximum Gasteiger partial charge on any atom is 0.490 e. The van der Waals surface area contributed by atoms with E-state index in [1.54, 1.807) is 20.8 Å². The first-order valence-electron chi connectivity index (χ1n) is 24.4. The number of ether oxygens (including phenoxy) is 3. The van der Waals surface area contributed by atoms with Crippen molar-refractivity contribution in [3.63, 3.8) is 0 Å². The van der Waals surface area contributed by atoms with E-state index in [4.69, 9.17) is 51.0 Å². The van der Waals surface area contributed by atoms with Gasteiger partial charge in [-0.3, -0.25) is 56.6 Å². The lowest BCUT2D eigenvalue weighted by Crippen LogP contribution is -2.46. The van der Waals surface area contributed by atoms with Crippen LogP contribution in [0.5, 0.6) is 0 Å². The zero-order valence-electron chi connectivity index (χ0n) is 46.5. The molecule has 0 bridgehead atoms. The Morgan fingerprint density at radius 3 is 1.07 bits per heavy atom. The second-order valence-electron chi connectivity index (χ2n) is 21.6. The molecule has 0 saturated carbocycles. The number of aromatic amines is 3. The van der Waals surface area contributed by atoms with Crippen LogP contribution in [0.15, 0.2) is 33.4 Å². The first-order chi connectivity index (χ1) is 39.3. The fourth-order valence-corrected chi connectivity index (χ4v) is 12.4. The van der Waals surface area contributed by atoms with Gasteiger partial charge in [0.1, 0.15) is 16.8 Å². The predicted octanol–water partition coefficient (Wildman–Crippen LogP) is 2.66. The zero-order chi connectivity index (χ0) is 66.2. The summed E-state index contributed by atoms with van der Waals surface area (Å²) in [5.41, 5.74) is 7.99. The maximum absolute atomic E-state index is 12.1. The van der Waals surface area contributed by atoms with Crippen LogP contribution in [0.3, 0.4) is 0 Å². The normalized spacial score (nSPS) is 27.6. The van der Waals surface area contributed by atoms with Gasteiger partial charge in [0.15, 0.2) is 52.2 Å². The molecule has 2 unspecified atom stereocenters. The number of nitrogens with one attached hydrogen (secondary N) is 3. The lowest BCUT2D eigenvalue weighted by molar-refractivity contribution is -0.0942. The summed E-state index contributed by atoms with van der Waals surface area (Å²) >= 11 is 13.8. The summed E-state index contributed by atoms with van der Waals surface area (Å²) in [5, 5.41) is 39.5. The number of anilines is 3. The minimum Gasteiger partial charge on any atom is -0.394 e. The molecule has 0 spiro atoms. The molecule has 3 fully saturated rings. The van der Waals surface area contributed by atoms with Crippen molar-refractivity contribution in [3.05, 3.63) is 50.0 Å². The first kappa shape index (κ1) is 77.2. The molecule has 3 aliphatic heterocycles. The van der Waals surface area contributed by atoms with Gasteiger partial charge in [-0.15, -0.1) is 0 Å². The average Bonchev–Trinajstić information content (AvgIpc) is 1.63. The molecule has 9 rings (SSSR count). The van der Waals surface area contributed by atoms with Gasteiger partial charge in [-0.2, -0.15) is 23.6 Å². The fraction of sp³-hybridized carbons (Fsp3) is 0.634. The van der Waals surface area contributed by atoms with E-state index >= 15 is 0 Å². The van der Waals surface area contributed by atoms with Crippen molar-refractivity contribution in [2.24, 2.45) is 16.2 Å². The number of halogens is 3. The van der Waals surface area contributed by atoms with E-state index < -0.39 is 136 Å². The molecule has 48 heteroatoms. The number of fused-ring (bicyclic) bond motifs is 3. The van der Waals surface area contributed by atoms with Gasteiger partial charge in [-0.05, 0) is 54.5 Å². The number of aliphatic hydroxyl groups is 4. The van der Waals surface area contributed by atoms with Crippen LogP contribution in [0.2, 0.25) is 0 Å². The van der Waals surface area contributed by atoms with Gasteiger partial charge in [0, 0.05) is 16.2 Å². The summed E-state index contributed by atoms with van der Waals surface area (Å²) in [7, 11) is -21.4. The molecular formula is C41H69Cl3N15O25P5. The Morgan fingerprint density at radius 2 is 0.798 bits per heavy atom. The van der Waals surface area contributed by atoms with Crippen LogP contribution >= 0.6 is 70.2 Å². The van der Waals surface area contributed by atoms with Crippen molar-refractivity contribution in [3.8, 4) is 0 Å². The molecule has 19 N–H and O–H groups in total. The second-order valence-corrected chi connectivity index (χ2v) is 33.9. The Morgan fingerprint density at radius 1 is 0.517 bits per heavy atom. The SMILES string of the molecule is C.C.CC1(C)[C@@H](CO)O[C@@H](n2cnc3c(=O)[nH]c(N)nc32)[C@]1(C)O.CC1(C)[C@@H](COP(=O)(O)O)O[C@@H](n2cnc3c(=O)[nH]c(N)nc32)[C@]1(C)O.CC1(C)[C@@H](COP(=O)(O)OP(=O)(O)OP(=O)(O)O)O[C@@H](n2cnc3c(=O)[nH]c(N)nc32)[C@]1(C)O.O=P(Cl)(Cl)Cl. The van der Waals surface area contributed by atoms with Crippen molar-refractivity contribution in [1.82, 2.24) is 58.6 Å². The number of phosphoric acid groups is 4. The van der Waals surface area contributed by atoms with Crippen molar-refractivity contribution in [1.29, 1.82) is 0 Å². The van der Waals surface area contributed by atoms with Gasteiger partial charge in [-0.1, -0.05) is 56.4 Å². The minimum absolute atomic E-state index is 0. The van der Waals surface area contributed by atoms with Crippen LogP contribution in [0, 0.1) is 16.2 Å². The van der Waals surface area contributed by atoms with Crippen molar-refractivity contribution in [2.75, 3.05) is 37.0 Å². The third-order valence-electron chi connectivity index (χ3n) is 15.1. The number of nitrogens with two attached hydrogens (primary N) is 3. The number of nitrogens with zero attached hydrogens (tertiary/aromatic N) is 9. The third-order valence-corrected chi connectivity index (χ3v) is 19.4. The van der Waals surface area contributed by atoms with Crippen molar-refractivity contribution >= 4 is 122 Å². The van der Waals surface area contributed by atoms with Gasteiger partial charge < -0.3 is 81.2 Å². The molecule has 6 aromatic heterocycles. The van der Waals surface area contributed by atoms with Crippen LogP contribution in [-0.2, 0) is 54.7 Å². The summed E-state index contributed by atoms with van der Waals surface area (Å²) in [6.07, 6.45) is -1.90. The number of aliphatic hydroxyl groups excluding tert-OH is 1. The van der Waals surface area contributed by atoms with E-state index in [-0.39, 0.29) is 72.8 Å². The molecule has 3 saturated heterocycles. The summed E-state index contributed by atoms with van der Waals surface area (Å²) in [6, 6.07) is 0. The Labute approximate surface area is 516 Å². The van der Waals surface area contributed by atoms with Crippen LogP contribution < -0.4 is 33.9 Å². The molecule has 9 heterocycles. The number of hydrogen-bond donors (Lipinski definition) is 16. The van der Waals surface area contributed by atoms with Crippen LogP contribution in [-0.4, -0.2) is 163 Å². The monoisotopic (exact) mass is 1430 g/mol. The highest BCUT2D eigenvalue weighted by Crippen LogP contribution is 2.67. The Hall–Kier alpha value is -4.21. The highest BCUT2D eigenvalue weighted by molar-refractivity contribution is 8.24. The number of hydrogen-bond acceptors (Lipinski definition) is 28. The quantitative estimate of drug-likeness (QED) is 0.0697. The van der Waals surface area contributed by atoms with E-state index in [1.807, 2.05) is 13.8 Å². The van der Waals surface area contributed by atoms with Crippen LogP contribution in [0.25, 0.3) is 33.5 Å². The summed E-state index contributed by atoms with van der Waals surface area (Å²) in [5.74, 6) is -0.391. The molecule has 0 amide bonds. The van der Waals surface area contributed by atoms with Crippen molar-refractivity contribution < 1.29 is 104 Å². The standard InChI is InChI=1S/C13H22N5O13P3.C13H20N5O7P.C13H19N5O4.2CH4.Cl3OP/c1-12(2)6(4-28-33(24,25)31-34(26,27)30-32(21,22)23)29-10(13(12,3)20)18-5-15-7-8(18)16-11(14)17-9(7)19;1-12(2)6(4-24-26(21,22)23)25-10(13(12,3)20)18-5-15-7-8(18)16-11(14)17-9(7)19;1-12(2)6(4-19)22-10(13(12,3)21)18-5-15-7-8(18)16-11(14)17-9(7)20;;;1-5(2,3)4/h5-6,10,20H,4H2,1-3H3,(H,24,25)(H,26,27)(H2,21,22,23)(H3,14,16,17,19);5-6,10,20H,4H2,1-3H3,(H2,21,22,23)(H3,14,16,17,19);5-6,10,19,21H,4H2,1-3H3,(H3,14,16,17,20);2*1H4;/t3*6-,10-,13+;;;/m111.../s1. The lowest BCUT2D eigenvalue weighted by atomic mass is 9.73. The summed E-state index contributed by atoms with van der Waals surface area (Å²) < 4.78 is 92.8. The van der Waals surface area contributed by atoms with E-state index in [1.165, 1.54) is 60.4 Å². The van der Waals surface area contributed by atoms with Gasteiger partial charge >= 0.3 is 36.5 Å². The van der Waals surface area contributed by atoms with E-state index in [0.29, 0.717) is 0 Å². The number of nitrogen functional groups attached to an aromatic ring is 3. The molecule has 3 aliphatic rings. The van der Waals surface area contributed by atoms with E-state index in [2.05, 4.69) is 96.2 Å². The smallest absolute Gasteiger partial charge is 0.394 e. The molecule has 0 aliphatic carbocycles. The second kappa shape index (κ2) is 26.7. The largest absolute Gasteiger partial charge is 0.490 e. The Balaban J connectivity index is 0.000000277. The van der Waals surface area contributed by atoms with Gasteiger partial charge in [0.25, 0.3) is 16.7 Å². The van der Waals surface area contributed by atoms with Crippen LogP contribution in [0.1, 0.15) is 95.9 Å². The highest BCUT2D eigenvalue weighted by atomic mass is 36.0. The minimum atomic E-state index is -5.70. The number of H-pyrrole nitrogens is 3. The van der Waals surface area contributed by atoms with E-state index in [0.717, 1.165) is 0 Å². The number of phosphoric ester groups is 2. The molecule has 89 heavy (non-hydrogen) atoms. The fourth-order valence-electron chi connectivity index (χ4n) is 9.06. The molecule has 504 valence electrons. The lowest BCUT2D eigenvalue weighted by Gasteiger charge is -2.36. The van der Waals surface area contributed by atoms with E-state index in [9.17, 15) is 67.4 Å². The topological polar surface area (TPSA) is 621 Å². The molecule has 6 aromatic rings. The zero-order valence-corrected chi connectivity index (χ0v) is 53.3. The van der Waals surface area contributed by atoms with Gasteiger partial charge in [0.2, 0.25) is 17.8 Å². The summed E-state index contributed by atoms with van der Waals surface area (Å²) in [4.78, 5) is 121. The third kappa shape index (κ3) is 16.6. The molecule has 0 radical (unpaired) electrons. The summed E-state index contributed by atoms with van der Waals surface area (Å²) in [6.45, 7) is 13.0. The Kier molecular flexibility index (Phi) is 23.1. The van der Waals surface area contributed by atoms with Gasteiger partial charge in [-0.25, -0.2) is 33.2 Å². The number of imidazole rings is 3. The highest BCUT2D eigenvalue weighted by Gasteiger charge is 2.62. The molecule has 11 atom stereocenters.